The van der Waals surface area contributed by atoms with E-state index in [1.807, 2.05) is 50.2 Å². The van der Waals surface area contributed by atoms with E-state index in [0.717, 1.165) is 11.4 Å². The Morgan fingerprint density at radius 1 is 1.07 bits per heavy atom. The third-order valence-corrected chi connectivity index (χ3v) is 3.97. The third-order valence-electron chi connectivity index (χ3n) is 3.64. The lowest BCUT2D eigenvalue weighted by Crippen LogP contribution is -2.12. The molecular formula is C21H20ClN3O2. The van der Waals surface area contributed by atoms with E-state index in [0.29, 0.717) is 22.1 Å². The Morgan fingerprint density at radius 2 is 1.81 bits per heavy atom. The first-order valence-corrected chi connectivity index (χ1v) is 8.95. The summed E-state index contributed by atoms with van der Waals surface area (Å²) in [6, 6.07) is 18.0. The largest absolute Gasteiger partial charge is 0.491 e. The maximum atomic E-state index is 12.5. The first-order chi connectivity index (χ1) is 13.0. The van der Waals surface area contributed by atoms with Gasteiger partial charge in [0, 0.05) is 17.4 Å². The zero-order chi connectivity index (χ0) is 19.2. The number of rotatable bonds is 6. The Morgan fingerprint density at radius 3 is 2.52 bits per heavy atom. The standard InChI is InChI=1S/C21H20ClN3O2/c1-14(2)27-17-9-7-16(8-10-17)24-20-13-15(11-12-23-20)21(26)25-19-6-4-3-5-18(19)22/h3-14H,1-2H3,(H,23,24)(H,25,26). The van der Waals surface area contributed by atoms with Crippen LogP contribution in [0.1, 0.15) is 24.2 Å². The van der Waals surface area contributed by atoms with Crippen LogP contribution in [0.4, 0.5) is 17.2 Å². The molecule has 1 amide bonds. The third kappa shape index (κ3) is 5.21. The molecule has 0 unspecified atom stereocenters. The van der Waals surface area contributed by atoms with Gasteiger partial charge in [0.05, 0.1) is 16.8 Å². The van der Waals surface area contributed by atoms with Gasteiger partial charge in [0.1, 0.15) is 11.6 Å². The maximum Gasteiger partial charge on any atom is 0.255 e. The summed E-state index contributed by atoms with van der Waals surface area (Å²) in [5, 5.41) is 6.47. The summed E-state index contributed by atoms with van der Waals surface area (Å²) >= 11 is 6.09. The van der Waals surface area contributed by atoms with Gasteiger partial charge < -0.3 is 15.4 Å². The quantitative estimate of drug-likeness (QED) is 0.590. The molecule has 138 valence electrons. The van der Waals surface area contributed by atoms with E-state index >= 15 is 0 Å². The molecule has 6 heteroatoms. The number of pyridine rings is 1. The fourth-order valence-electron chi connectivity index (χ4n) is 2.43. The highest BCUT2D eigenvalue weighted by Crippen LogP contribution is 2.23. The van der Waals surface area contributed by atoms with Crippen molar-refractivity contribution in [3.05, 3.63) is 77.4 Å². The molecule has 0 fully saturated rings. The van der Waals surface area contributed by atoms with Crippen molar-refractivity contribution >= 4 is 34.7 Å². The molecule has 2 aromatic carbocycles. The van der Waals surface area contributed by atoms with Crippen molar-refractivity contribution in [2.24, 2.45) is 0 Å². The lowest BCUT2D eigenvalue weighted by Gasteiger charge is -2.11. The highest BCUT2D eigenvalue weighted by atomic mass is 35.5. The van der Waals surface area contributed by atoms with E-state index in [1.54, 1.807) is 30.5 Å². The highest BCUT2D eigenvalue weighted by molar-refractivity contribution is 6.33. The fourth-order valence-corrected chi connectivity index (χ4v) is 2.62. The van der Waals surface area contributed by atoms with Crippen LogP contribution in [0.25, 0.3) is 0 Å². The molecule has 0 aliphatic carbocycles. The average molecular weight is 382 g/mol. The molecule has 0 spiro atoms. The average Bonchev–Trinajstić information content (AvgIpc) is 2.65. The lowest BCUT2D eigenvalue weighted by molar-refractivity contribution is 0.102. The topological polar surface area (TPSA) is 63.2 Å². The van der Waals surface area contributed by atoms with Crippen LogP contribution in [0.5, 0.6) is 5.75 Å². The smallest absolute Gasteiger partial charge is 0.255 e. The number of hydrogen-bond acceptors (Lipinski definition) is 4. The Kier molecular flexibility index (Phi) is 5.94. The van der Waals surface area contributed by atoms with Crippen LogP contribution in [0.15, 0.2) is 66.9 Å². The van der Waals surface area contributed by atoms with Gasteiger partial charge in [-0.3, -0.25) is 4.79 Å². The van der Waals surface area contributed by atoms with Gasteiger partial charge in [-0.25, -0.2) is 4.98 Å². The van der Waals surface area contributed by atoms with Crippen molar-refractivity contribution in [2.45, 2.75) is 20.0 Å². The second-order valence-corrected chi connectivity index (χ2v) is 6.59. The molecule has 3 rings (SSSR count). The summed E-state index contributed by atoms with van der Waals surface area (Å²) in [6.45, 7) is 3.96. The van der Waals surface area contributed by atoms with Gasteiger partial charge in [0.2, 0.25) is 0 Å². The van der Waals surface area contributed by atoms with Crippen molar-refractivity contribution in [2.75, 3.05) is 10.6 Å². The molecule has 5 nitrogen and oxygen atoms in total. The molecule has 0 atom stereocenters. The summed E-state index contributed by atoms with van der Waals surface area (Å²) in [4.78, 5) is 16.7. The molecule has 1 heterocycles. The van der Waals surface area contributed by atoms with Gasteiger partial charge in [-0.05, 0) is 62.4 Å². The molecule has 0 saturated heterocycles. The van der Waals surface area contributed by atoms with Crippen LogP contribution in [-0.2, 0) is 0 Å². The molecule has 0 saturated carbocycles. The van der Waals surface area contributed by atoms with Crippen molar-refractivity contribution in [3.8, 4) is 5.75 Å². The Hall–Kier alpha value is -3.05. The minimum absolute atomic E-state index is 0.124. The molecule has 3 aromatic rings. The number of benzene rings is 2. The normalized spacial score (nSPS) is 10.5. The lowest BCUT2D eigenvalue weighted by atomic mass is 10.2. The number of anilines is 3. The van der Waals surface area contributed by atoms with Crippen LogP contribution in [-0.4, -0.2) is 17.0 Å². The molecule has 1 aromatic heterocycles. The van der Waals surface area contributed by atoms with Crippen LogP contribution in [0.2, 0.25) is 5.02 Å². The van der Waals surface area contributed by atoms with E-state index in [4.69, 9.17) is 16.3 Å². The predicted octanol–water partition coefficient (Wildman–Crippen LogP) is 5.52. The first-order valence-electron chi connectivity index (χ1n) is 8.57. The van der Waals surface area contributed by atoms with Crippen LogP contribution < -0.4 is 15.4 Å². The fraction of sp³-hybridized carbons (Fsp3) is 0.143. The molecule has 27 heavy (non-hydrogen) atoms. The summed E-state index contributed by atoms with van der Waals surface area (Å²) < 4.78 is 5.63. The van der Waals surface area contributed by atoms with E-state index < -0.39 is 0 Å². The van der Waals surface area contributed by atoms with Crippen molar-refractivity contribution in [1.29, 1.82) is 0 Å². The van der Waals surface area contributed by atoms with E-state index in [9.17, 15) is 4.79 Å². The molecule has 2 N–H and O–H groups in total. The zero-order valence-electron chi connectivity index (χ0n) is 15.1. The zero-order valence-corrected chi connectivity index (χ0v) is 15.8. The van der Waals surface area contributed by atoms with Gasteiger partial charge in [0.15, 0.2) is 0 Å². The minimum Gasteiger partial charge on any atom is -0.491 e. The second kappa shape index (κ2) is 8.56. The van der Waals surface area contributed by atoms with E-state index in [1.165, 1.54) is 0 Å². The number of nitrogens with one attached hydrogen (secondary N) is 2. The molecule has 0 bridgehead atoms. The predicted molar refractivity (Wildman–Crippen MR) is 109 cm³/mol. The number of carbonyl (C=O) groups excluding carboxylic acids is 1. The van der Waals surface area contributed by atoms with Crippen molar-refractivity contribution < 1.29 is 9.53 Å². The summed E-state index contributed by atoms with van der Waals surface area (Å²) in [5.74, 6) is 1.12. The molecular weight excluding hydrogens is 362 g/mol. The monoisotopic (exact) mass is 381 g/mol. The summed E-state index contributed by atoms with van der Waals surface area (Å²) in [6.07, 6.45) is 1.71. The number of ether oxygens (including phenoxy) is 1. The van der Waals surface area contributed by atoms with Crippen molar-refractivity contribution in [1.82, 2.24) is 4.98 Å². The maximum absolute atomic E-state index is 12.5. The number of para-hydroxylation sites is 1. The number of carbonyl (C=O) groups is 1. The number of aromatic nitrogens is 1. The number of hydrogen-bond donors (Lipinski definition) is 2. The summed E-state index contributed by atoms with van der Waals surface area (Å²) in [5.41, 5.74) is 1.89. The minimum atomic E-state index is -0.255. The number of halogens is 1. The first kappa shape index (κ1) is 18.7. The Balaban J connectivity index is 1.70. The van der Waals surface area contributed by atoms with E-state index in [-0.39, 0.29) is 12.0 Å². The van der Waals surface area contributed by atoms with Crippen LogP contribution >= 0.6 is 11.6 Å². The summed E-state index contributed by atoms with van der Waals surface area (Å²) in [7, 11) is 0. The van der Waals surface area contributed by atoms with E-state index in [2.05, 4.69) is 15.6 Å². The van der Waals surface area contributed by atoms with Crippen LogP contribution in [0, 0.1) is 0 Å². The molecule has 0 aliphatic heterocycles. The van der Waals surface area contributed by atoms with Gasteiger partial charge in [-0.1, -0.05) is 23.7 Å². The van der Waals surface area contributed by atoms with Gasteiger partial charge in [-0.2, -0.15) is 0 Å². The highest BCUT2D eigenvalue weighted by Gasteiger charge is 2.09. The van der Waals surface area contributed by atoms with Gasteiger partial charge in [0.25, 0.3) is 5.91 Å². The Labute approximate surface area is 163 Å². The van der Waals surface area contributed by atoms with Crippen LogP contribution in [0.3, 0.4) is 0 Å². The number of amides is 1. The van der Waals surface area contributed by atoms with Crippen molar-refractivity contribution in [3.63, 3.8) is 0 Å². The van der Waals surface area contributed by atoms with Gasteiger partial charge in [-0.15, -0.1) is 0 Å². The molecule has 0 aliphatic rings. The molecule has 0 radical (unpaired) electrons. The Bertz CT molecular complexity index is 927. The van der Waals surface area contributed by atoms with Gasteiger partial charge >= 0.3 is 0 Å². The SMILES string of the molecule is CC(C)Oc1ccc(Nc2cc(C(=O)Nc3ccccc3Cl)ccn2)cc1. The second-order valence-electron chi connectivity index (χ2n) is 6.18. The number of nitrogens with zero attached hydrogens (tertiary/aromatic N) is 1.